The van der Waals surface area contributed by atoms with Crippen molar-refractivity contribution in [2.75, 3.05) is 23.9 Å². The van der Waals surface area contributed by atoms with Gasteiger partial charge in [0.05, 0.1) is 18.3 Å². The molecule has 1 aliphatic rings. The zero-order valence-electron chi connectivity index (χ0n) is 15.7. The largest absolute Gasteiger partial charge is 0.497 e. The van der Waals surface area contributed by atoms with Crippen molar-refractivity contribution >= 4 is 34.1 Å². The molecule has 0 radical (unpaired) electrons. The number of aryl methyl sites for hydroxylation is 1. The van der Waals surface area contributed by atoms with Crippen molar-refractivity contribution in [3.05, 3.63) is 54.0 Å². The Bertz CT molecular complexity index is 1090. The molecule has 4 rings (SSSR count). The summed E-state index contributed by atoms with van der Waals surface area (Å²) in [6, 6.07) is 11.4. The first-order chi connectivity index (χ1) is 13.5. The van der Waals surface area contributed by atoms with Gasteiger partial charge in [-0.15, -0.1) is 0 Å². The lowest BCUT2D eigenvalue weighted by Crippen LogP contribution is -2.27. The molecule has 1 N–H and O–H groups in total. The monoisotopic (exact) mass is 381 g/mol. The Balaban J connectivity index is 1.84. The number of hydrogen-bond acceptors (Lipinski definition) is 3. The molecule has 0 atom stereocenters. The molecule has 3 aromatic rings. The summed E-state index contributed by atoms with van der Waals surface area (Å²) in [6.07, 6.45) is 1.13. The third-order valence-electron chi connectivity index (χ3n) is 5.02. The van der Waals surface area contributed by atoms with E-state index in [0.29, 0.717) is 53.1 Å². The van der Waals surface area contributed by atoms with E-state index in [-0.39, 0.29) is 11.8 Å². The maximum Gasteiger partial charge on any atom is 0.274 e. The first kappa shape index (κ1) is 18.0. The van der Waals surface area contributed by atoms with Gasteiger partial charge in [0.2, 0.25) is 5.91 Å². The Hall–Kier alpha value is -3.35. The van der Waals surface area contributed by atoms with E-state index in [4.69, 9.17) is 4.74 Å². The van der Waals surface area contributed by atoms with Gasteiger partial charge in [-0.05, 0) is 36.8 Å². The van der Waals surface area contributed by atoms with Gasteiger partial charge >= 0.3 is 0 Å². The highest BCUT2D eigenvalue weighted by atomic mass is 19.1. The van der Waals surface area contributed by atoms with Crippen LogP contribution in [0.5, 0.6) is 5.75 Å². The molecule has 0 unspecified atom stereocenters. The quantitative estimate of drug-likeness (QED) is 0.749. The molecule has 6 nitrogen and oxygen atoms in total. The second-order valence-corrected chi connectivity index (χ2v) is 6.75. The summed E-state index contributed by atoms with van der Waals surface area (Å²) in [5.74, 6) is -0.230. The van der Waals surface area contributed by atoms with Crippen LogP contribution in [0.25, 0.3) is 10.9 Å². The van der Waals surface area contributed by atoms with Crippen LogP contribution in [0.4, 0.5) is 15.8 Å². The molecule has 1 aromatic heterocycles. The van der Waals surface area contributed by atoms with E-state index >= 15 is 0 Å². The van der Waals surface area contributed by atoms with E-state index < -0.39 is 5.82 Å². The minimum absolute atomic E-state index is 0.0628. The topological polar surface area (TPSA) is 63.6 Å². The Morgan fingerprint density at radius 3 is 2.75 bits per heavy atom. The fraction of sp³-hybridized carbons (Fsp3) is 0.238. The van der Waals surface area contributed by atoms with Gasteiger partial charge in [0.15, 0.2) is 0 Å². The number of carbonyl (C=O) groups is 2. The molecular formula is C21H20FN3O3. The van der Waals surface area contributed by atoms with Gasteiger partial charge in [0.1, 0.15) is 17.3 Å². The minimum Gasteiger partial charge on any atom is -0.497 e. The fourth-order valence-corrected chi connectivity index (χ4v) is 3.71. The van der Waals surface area contributed by atoms with Crippen molar-refractivity contribution in [2.45, 2.75) is 12.8 Å². The summed E-state index contributed by atoms with van der Waals surface area (Å²) in [7, 11) is 3.29. The van der Waals surface area contributed by atoms with Crippen molar-refractivity contribution in [2.24, 2.45) is 7.05 Å². The Morgan fingerprint density at radius 2 is 2.04 bits per heavy atom. The lowest BCUT2D eigenvalue weighted by Gasteiger charge is -2.18. The van der Waals surface area contributed by atoms with Crippen molar-refractivity contribution in [3.63, 3.8) is 0 Å². The number of nitrogens with one attached hydrogen (secondary N) is 1. The zero-order valence-corrected chi connectivity index (χ0v) is 15.7. The normalized spacial score (nSPS) is 14.0. The molecule has 1 aliphatic heterocycles. The van der Waals surface area contributed by atoms with Crippen LogP contribution in [0.2, 0.25) is 0 Å². The van der Waals surface area contributed by atoms with Crippen molar-refractivity contribution < 1.29 is 18.7 Å². The van der Waals surface area contributed by atoms with E-state index in [1.54, 1.807) is 54.0 Å². The Kier molecular flexibility index (Phi) is 4.50. The second kappa shape index (κ2) is 6.99. The average molecular weight is 381 g/mol. The summed E-state index contributed by atoms with van der Waals surface area (Å²) in [5, 5.41) is 3.41. The minimum atomic E-state index is -0.411. The molecule has 0 bridgehead atoms. The number of fused-ring (bicyclic) bond motifs is 1. The predicted octanol–water partition coefficient (Wildman–Crippen LogP) is 3.71. The maximum atomic E-state index is 13.9. The Labute approximate surface area is 161 Å². The van der Waals surface area contributed by atoms with Crippen LogP contribution in [0.1, 0.15) is 23.3 Å². The van der Waals surface area contributed by atoms with Crippen molar-refractivity contribution in [1.82, 2.24) is 4.57 Å². The van der Waals surface area contributed by atoms with Gasteiger partial charge in [0.25, 0.3) is 5.91 Å². The second-order valence-electron chi connectivity index (χ2n) is 6.75. The number of halogens is 1. The highest BCUT2D eigenvalue weighted by Crippen LogP contribution is 2.36. The molecule has 28 heavy (non-hydrogen) atoms. The summed E-state index contributed by atoms with van der Waals surface area (Å²) in [5.41, 5.74) is 2.03. The third kappa shape index (κ3) is 2.98. The molecule has 0 aliphatic carbocycles. The van der Waals surface area contributed by atoms with Crippen LogP contribution >= 0.6 is 0 Å². The standard InChI is InChI=1S/C21H20FN3O3/c1-24-17-9-8-13(22)11-16(17)19(25-10-4-7-18(25)26)20(24)21(27)23-14-5-3-6-15(12-14)28-2/h3,5-6,8-9,11-12H,4,7,10H2,1-2H3,(H,23,27). The number of methoxy groups -OCH3 is 1. The highest BCUT2D eigenvalue weighted by Gasteiger charge is 2.31. The lowest BCUT2D eigenvalue weighted by molar-refractivity contribution is -0.117. The first-order valence-electron chi connectivity index (χ1n) is 9.03. The molecule has 7 heteroatoms. The van der Waals surface area contributed by atoms with E-state index in [1.807, 2.05) is 0 Å². The number of benzene rings is 2. The molecule has 2 amide bonds. The molecule has 1 fully saturated rings. The fourth-order valence-electron chi connectivity index (χ4n) is 3.71. The number of rotatable bonds is 4. The number of anilines is 2. The van der Waals surface area contributed by atoms with Crippen molar-refractivity contribution in [1.29, 1.82) is 0 Å². The maximum absolute atomic E-state index is 13.9. The van der Waals surface area contributed by atoms with Crippen LogP contribution in [-0.4, -0.2) is 30.0 Å². The summed E-state index contributed by atoms with van der Waals surface area (Å²) < 4.78 is 20.8. The smallest absolute Gasteiger partial charge is 0.274 e. The van der Waals surface area contributed by atoms with Crippen LogP contribution in [0.3, 0.4) is 0 Å². The molecule has 0 saturated carbocycles. The van der Waals surface area contributed by atoms with Gasteiger partial charge < -0.3 is 19.5 Å². The average Bonchev–Trinajstić information content (AvgIpc) is 3.22. The van der Waals surface area contributed by atoms with Crippen LogP contribution in [0.15, 0.2) is 42.5 Å². The van der Waals surface area contributed by atoms with Crippen molar-refractivity contribution in [3.8, 4) is 5.75 Å². The third-order valence-corrected chi connectivity index (χ3v) is 5.02. The molecule has 2 heterocycles. The van der Waals surface area contributed by atoms with Crippen LogP contribution in [0, 0.1) is 5.82 Å². The molecule has 2 aromatic carbocycles. The number of nitrogens with zero attached hydrogens (tertiary/aromatic N) is 2. The Morgan fingerprint density at radius 1 is 1.21 bits per heavy atom. The number of ether oxygens (including phenoxy) is 1. The van der Waals surface area contributed by atoms with Gasteiger partial charge in [-0.25, -0.2) is 4.39 Å². The van der Waals surface area contributed by atoms with Crippen LogP contribution < -0.4 is 15.0 Å². The molecule has 0 spiro atoms. The van der Waals surface area contributed by atoms with E-state index in [9.17, 15) is 14.0 Å². The summed E-state index contributed by atoms with van der Waals surface area (Å²) >= 11 is 0. The van der Waals surface area contributed by atoms with Gasteiger partial charge in [-0.2, -0.15) is 0 Å². The van der Waals surface area contributed by atoms with Gasteiger partial charge in [-0.1, -0.05) is 6.07 Å². The number of hydrogen-bond donors (Lipinski definition) is 1. The predicted molar refractivity (Wildman–Crippen MR) is 105 cm³/mol. The zero-order chi connectivity index (χ0) is 19.8. The molecular weight excluding hydrogens is 361 g/mol. The van der Waals surface area contributed by atoms with Crippen LogP contribution in [-0.2, 0) is 11.8 Å². The lowest BCUT2D eigenvalue weighted by atomic mass is 10.2. The molecule has 1 saturated heterocycles. The summed E-state index contributed by atoms with van der Waals surface area (Å²) in [6.45, 7) is 0.508. The van der Waals surface area contributed by atoms with E-state index in [0.717, 1.165) is 0 Å². The highest BCUT2D eigenvalue weighted by molar-refractivity contribution is 6.17. The number of amides is 2. The molecule has 144 valence electrons. The number of carbonyl (C=O) groups excluding carboxylic acids is 2. The first-order valence-corrected chi connectivity index (χ1v) is 9.03. The summed E-state index contributed by atoms with van der Waals surface area (Å²) in [4.78, 5) is 27.2. The van der Waals surface area contributed by atoms with E-state index in [2.05, 4.69) is 5.32 Å². The van der Waals surface area contributed by atoms with Gasteiger partial charge in [0, 0.05) is 37.2 Å². The number of aromatic nitrogens is 1. The van der Waals surface area contributed by atoms with Gasteiger partial charge in [-0.3, -0.25) is 9.59 Å². The van der Waals surface area contributed by atoms with E-state index in [1.165, 1.54) is 12.1 Å². The SMILES string of the molecule is COc1cccc(NC(=O)c2c(N3CCCC3=O)c3cc(F)ccc3n2C)c1.